The number of halogens is 1. The number of carbonyl (C=O) groups excluding carboxylic acids is 1. The molecule has 2 N–H and O–H groups in total. The average Bonchev–Trinajstić information content (AvgIpc) is 2.93. The number of nitrogens with zero attached hydrogens (tertiary/aromatic N) is 3. The molecular formula is C21H21ClN4O2. The number of aliphatic imine (C=N–C) groups is 1. The van der Waals surface area contributed by atoms with Gasteiger partial charge in [0.25, 0.3) is 5.91 Å². The Hall–Kier alpha value is -2.44. The third kappa shape index (κ3) is 2.41. The smallest absolute Gasteiger partial charge is 0.262 e. The Morgan fingerprint density at radius 2 is 2.14 bits per heavy atom. The van der Waals surface area contributed by atoms with Crippen molar-refractivity contribution in [1.82, 2.24) is 9.88 Å². The molecule has 3 aliphatic rings. The molecule has 3 heterocycles. The Balaban J connectivity index is 1.73. The van der Waals surface area contributed by atoms with E-state index in [1.165, 1.54) is 4.90 Å². The van der Waals surface area contributed by atoms with Crippen molar-refractivity contribution in [3.8, 4) is 11.1 Å². The van der Waals surface area contributed by atoms with Crippen molar-refractivity contribution in [2.45, 2.75) is 18.4 Å². The molecule has 1 aromatic heterocycles. The summed E-state index contributed by atoms with van der Waals surface area (Å²) in [6.45, 7) is 1.24. The number of fused-ring (bicyclic) bond motifs is 4. The third-order valence-electron chi connectivity index (χ3n) is 6.34. The van der Waals surface area contributed by atoms with Crippen molar-refractivity contribution in [3.63, 3.8) is 0 Å². The predicted octanol–water partition coefficient (Wildman–Crippen LogP) is 2.59. The summed E-state index contributed by atoms with van der Waals surface area (Å²) in [5, 5.41) is 0.574. The third-order valence-corrected chi connectivity index (χ3v) is 6.55. The van der Waals surface area contributed by atoms with Crippen LogP contribution in [0.4, 0.5) is 0 Å². The van der Waals surface area contributed by atoms with Crippen LogP contribution >= 0.6 is 11.6 Å². The second-order valence-electron chi connectivity index (χ2n) is 7.80. The standard InChI is InChI=1S/C21H21ClN4O2/c1-26-19(27)21(25-20(26)23)17-8-12(15-7-16(22)10-24-9-15)2-3-13(17)6-14-4-5-28-11-18(14)21/h2-3,7-10,14,18H,4-6,11H2,1H3,(H2,23,25)/t14?,18-,21?/m0/s1. The van der Waals surface area contributed by atoms with Gasteiger partial charge in [0.1, 0.15) is 0 Å². The van der Waals surface area contributed by atoms with E-state index in [9.17, 15) is 4.79 Å². The van der Waals surface area contributed by atoms with Gasteiger partial charge in [0.15, 0.2) is 11.5 Å². The van der Waals surface area contributed by atoms with E-state index >= 15 is 0 Å². The number of likely N-dealkylation sites (N-methyl/N-ethyl adjacent to an activating group) is 1. The number of pyridine rings is 1. The number of amides is 1. The summed E-state index contributed by atoms with van der Waals surface area (Å²) in [6.07, 6.45) is 5.23. The molecule has 144 valence electrons. The maximum absolute atomic E-state index is 13.5. The number of rotatable bonds is 1. The van der Waals surface area contributed by atoms with Crippen LogP contribution in [0.15, 0.2) is 41.7 Å². The van der Waals surface area contributed by atoms with Crippen LogP contribution in [-0.2, 0) is 21.5 Å². The molecule has 7 heteroatoms. The Morgan fingerprint density at radius 1 is 1.29 bits per heavy atom. The minimum atomic E-state index is -1.01. The van der Waals surface area contributed by atoms with Crippen LogP contribution in [0.1, 0.15) is 17.5 Å². The summed E-state index contributed by atoms with van der Waals surface area (Å²) in [6, 6.07) is 8.10. The van der Waals surface area contributed by atoms with E-state index in [0.29, 0.717) is 17.5 Å². The van der Waals surface area contributed by atoms with Crippen molar-refractivity contribution in [1.29, 1.82) is 0 Å². The van der Waals surface area contributed by atoms with Crippen LogP contribution in [0.5, 0.6) is 0 Å². The molecule has 6 nitrogen and oxygen atoms in total. The zero-order valence-corrected chi connectivity index (χ0v) is 16.3. The van der Waals surface area contributed by atoms with E-state index in [2.05, 4.69) is 23.2 Å². The maximum Gasteiger partial charge on any atom is 0.262 e. The Morgan fingerprint density at radius 3 is 2.89 bits per heavy atom. The van der Waals surface area contributed by atoms with E-state index in [-0.39, 0.29) is 17.8 Å². The van der Waals surface area contributed by atoms with Gasteiger partial charge < -0.3 is 10.5 Å². The second kappa shape index (κ2) is 6.29. The van der Waals surface area contributed by atoms with E-state index in [1.807, 2.05) is 6.07 Å². The number of nitrogens with two attached hydrogens (primary N) is 1. The largest absolute Gasteiger partial charge is 0.381 e. The lowest BCUT2D eigenvalue weighted by Crippen LogP contribution is -2.53. The molecule has 28 heavy (non-hydrogen) atoms. The normalized spacial score (nSPS) is 28.9. The van der Waals surface area contributed by atoms with Crippen LogP contribution in [0, 0.1) is 11.8 Å². The minimum Gasteiger partial charge on any atom is -0.381 e. The molecule has 0 saturated carbocycles. The van der Waals surface area contributed by atoms with E-state index in [4.69, 9.17) is 27.1 Å². The van der Waals surface area contributed by atoms with Gasteiger partial charge in [0.05, 0.1) is 11.6 Å². The lowest BCUT2D eigenvalue weighted by Gasteiger charge is -2.46. The number of aromatic nitrogens is 1. The summed E-state index contributed by atoms with van der Waals surface area (Å²) < 4.78 is 5.78. The number of hydrogen-bond donors (Lipinski definition) is 1. The van der Waals surface area contributed by atoms with Crippen LogP contribution in [0.3, 0.4) is 0 Å². The topological polar surface area (TPSA) is 80.8 Å². The predicted molar refractivity (Wildman–Crippen MR) is 107 cm³/mol. The highest BCUT2D eigenvalue weighted by atomic mass is 35.5. The zero-order valence-electron chi connectivity index (χ0n) is 15.6. The number of benzene rings is 1. The zero-order chi connectivity index (χ0) is 19.5. The first-order chi connectivity index (χ1) is 13.5. The van der Waals surface area contributed by atoms with Crippen LogP contribution in [0.2, 0.25) is 5.02 Å². The number of hydrogen-bond acceptors (Lipinski definition) is 5. The summed E-state index contributed by atoms with van der Waals surface area (Å²) in [7, 11) is 1.69. The van der Waals surface area contributed by atoms with Crippen LogP contribution < -0.4 is 5.73 Å². The Bertz CT molecular complexity index is 1010. The van der Waals surface area contributed by atoms with Crippen molar-refractivity contribution in [3.05, 3.63) is 52.8 Å². The van der Waals surface area contributed by atoms with Gasteiger partial charge in [-0.1, -0.05) is 23.7 Å². The lowest BCUT2D eigenvalue weighted by molar-refractivity contribution is -0.137. The summed E-state index contributed by atoms with van der Waals surface area (Å²) in [4.78, 5) is 23.9. The monoisotopic (exact) mass is 396 g/mol. The highest BCUT2D eigenvalue weighted by Gasteiger charge is 2.59. The summed E-state index contributed by atoms with van der Waals surface area (Å²) >= 11 is 6.13. The van der Waals surface area contributed by atoms with Gasteiger partial charge >= 0.3 is 0 Å². The molecule has 2 aromatic rings. The van der Waals surface area contributed by atoms with Crippen LogP contribution in [0.25, 0.3) is 11.1 Å². The molecule has 1 amide bonds. The Labute approximate surface area is 168 Å². The molecule has 2 aliphatic heterocycles. The molecule has 0 radical (unpaired) electrons. The van der Waals surface area contributed by atoms with Gasteiger partial charge in [-0.3, -0.25) is 14.7 Å². The molecule has 3 atom stereocenters. The molecule has 1 saturated heterocycles. The van der Waals surface area contributed by atoms with Crippen molar-refractivity contribution >= 4 is 23.5 Å². The number of ether oxygens (including phenoxy) is 1. The minimum absolute atomic E-state index is 0.0162. The fourth-order valence-electron chi connectivity index (χ4n) is 4.91. The molecule has 2 unspecified atom stereocenters. The fraction of sp³-hybridized carbons (Fsp3) is 0.381. The summed E-state index contributed by atoms with van der Waals surface area (Å²) in [5.41, 5.74) is 9.04. The molecule has 1 aromatic carbocycles. The molecule has 1 aliphatic carbocycles. The Kier molecular flexibility index (Phi) is 3.96. The first-order valence-corrected chi connectivity index (χ1v) is 9.84. The quantitative estimate of drug-likeness (QED) is 0.803. The van der Waals surface area contributed by atoms with Crippen molar-refractivity contribution in [2.75, 3.05) is 20.3 Å². The number of carbonyl (C=O) groups is 1. The van der Waals surface area contributed by atoms with E-state index in [0.717, 1.165) is 41.7 Å². The highest BCUT2D eigenvalue weighted by Crippen LogP contribution is 2.51. The second-order valence-corrected chi connectivity index (χ2v) is 8.24. The van der Waals surface area contributed by atoms with Gasteiger partial charge in [-0.2, -0.15) is 0 Å². The SMILES string of the molecule is CN1C(=O)C2(N=C1N)c1cc(-c3cncc(Cl)c3)ccc1CC1CCOC[C@@H]12. The highest BCUT2D eigenvalue weighted by molar-refractivity contribution is 6.30. The van der Waals surface area contributed by atoms with Crippen molar-refractivity contribution in [2.24, 2.45) is 22.6 Å². The first-order valence-electron chi connectivity index (χ1n) is 9.46. The molecule has 0 bridgehead atoms. The first kappa shape index (κ1) is 17.6. The molecule has 5 rings (SSSR count). The molecule has 1 spiro atoms. The van der Waals surface area contributed by atoms with E-state index in [1.54, 1.807) is 19.4 Å². The van der Waals surface area contributed by atoms with Gasteiger partial charge in [-0.15, -0.1) is 0 Å². The van der Waals surface area contributed by atoms with Gasteiger partial charge in [-0.05, 0) is 47.6 Å². The van der Waals surface area contributed by atoms with Gasteiger partial charge in [0.2, 0.25) is 0 Å². The lowest BCUT2D eigenvalue weighted by atomic mass is 9.62. The number of guanidine groups is 1. The molecular weight excluding hydrogens is 376 g/mol. The maximum atomic E-state index is 13.5. The van der Waals surface area contributed by atoms with Crippen molar-refractivity contribution < 1.29 is 9.53 Å². The van der Waals surface area contributed by atoms with Gasteiger partial charge in [0, 0.05) is 37.5 Å². The van der Waals surface area contributed by atoms with E-state index < -0.39 is 5.54 Å². The molecule has 1 fully saturated rings. The van der Waals surface area contributed by atoms with Crippen LogP contribution in [-0.4, -0.2) is 42.0 Å². The fourth-order valence-corrected chi connectivity index (χ4v) is 5.08. The van der Waals surface area contributed by atoms with Gasteiger partial charge in [-0.25, -0.2) is 4.99 Å². The summed E-state index contributed by atoms with van der Waals surface area (Å²) in [5.74, 6) is 0.522. The average molecular weight is 397 g/mol.